The van der Waals surface area contributed by atoms with Crippen LogP contribution in [0.15, 0.2) is 36.4 Å². The molecular weight excluding hydrogens is 389 g/mol. The van der Waals surface area contributed by atoms with E-state index in [1.54, 1.807) is 6.07 Å². The van der Waals surface area contributed by atoms with Crippen molar-refractivity contribution in [3.63, 3.8) is 0 Å². The summed E-state index contributed by atoms with van der Waals surface area (Å²) in [6, 6.07) is 10.2. The van der Waals surface area contributed by atoms with E-state index in [1.807, 2.05) is 29.2 Å². The third-order valence-corrected chi connectivity index (χ3v) is 5.58. The molecule has 0 amide bonds. The topological polar surface area (TPSA) is 113 Å². The van der Waals surface area contributed by atoms with Crippen LogP contribution in [-0.2, 0) is 0 Å². The fourth-order valence-corrected chi connectivity index (χ4v) is 3.80. The van der Waals surface area contributed by atoms with Gasteiger partial charge in [0.05, 0.1) is 11.5 Å². The number of piperidine rings is 1. The lowest BCUT2D eigenvalue weighted by Gasteiger charge is -2.34. The Bertz CT molecular complexity index is 889. The van der Waals surface area contributed by atoms with Gasteiger partial charge in [-0.25, -0.2) is 9.37 Å². The Hall–Kier alpha value is -2.98. The minimum Gasteiger partial charge on any atom is -0.368 e. The first-order chi connectivity index (χ1) is 14.5. The highest BCUT2D eigenvalue weighted by Crippen LogP contribution is 2.30. The number of rotatable bonds is 5. The zero-order valence-electron chi connectivity index (χ0n) is 16.6. The number of hydrogen-bond acceptors (Lipinski definition) is 8. The summed E-state index contributed by atoms with van der Waals surface area (Å²) in [5, 5.41) is 17.8. The summed E-state index contributed by atoms with van der Waals surface area (Å²) in [6.45, 7) is 4.28. The number of nitrogens with zero attached hydrogens (tertiary/aromatic N) is 4. The molecule has 2 unspecified atom stereocenters. The lowest BCUT2D eigenvalue weighted by atomic mass is 10.0. The van der Waals surface area contributed by atoms with E-state index in [2.05, 4.69) is 20.5 Å². The molecule has 9 nitrogen and oxygen atoms in total. The van der Waals surface area contributed by atoms with E-state index < -0.39 is 17.1 Å². The van der Waals surface area contributed by atoms with Crippen LogP contribution < -0.4 is 26.2 Å². The highest BCUT2D eigenvalue weighted by molar-refractivity contribution is 5.69. The molecule has 2 saturated heterocycles. The summed E-state index contributed by atoms with van der Waals surface area (Å²) in [7, 11) is 0. The van der Waals surface area contributed by atoms with Crippen molar-refractivity contribution in [3.8, 4) is 0 Å². The standard InChI is InChI=1S/C20H26FN7O2/c21-16-13-27(10-7-17(16)22)15-3-1-14(2-4-15)24-20-18(28(29)30)5-6-19(25-20)26-11-8-23-9-12-26/h1-6,16-17,23H,7-13,22H2,(H,24,25). The minimum absolute atomic E-state index is 0.0803. The number of benzene rings is 1. The van der Waals surface area contributed by atoms with Gasteiger partial charge in [-0.2, -0.15) is 0 Å². The van der Waals surface area contributed by atoms with E-state index >= 15 is 0 Å². The van der Waals surface area contributed by atoms with Gasteiger partial charge in [0, 0.05) is 56.2 Å². The van der Waals surface area contributed by atoms with Crippen LogP contribution in [0.2, 0.25) is 0 Å². The summed E-state index contributed by atoms with van der Waals surface area (Å²) in [6.07, 6.45) is -0.438. The Morgan fingerprint density at radius 1 is 1.13 bits per heavy atom. The second-order valence-corrected chi connectivity index (χ2v) is 7.62. The molecule has 0 radical (unpaired) electrons. The Balaban J connectivity index is 1.52. The Labute approximate surface area is 174 Å². The molecular formula is C20H26FN7O2. The number of alkyl halides is 1. The first-order valence-corrected chi connectivity index (χ1v) is 10.1. The Morgan fingerprint density at radius 3 is 2.53 bits per heavy atom. The Morgan fingerprint density at radius 2 is 1.87 bits per heavy atom. The number of nitrogens with two attached hydrogens (primary N) is 1. The number of halogens is 1. The normalized spacial score (nSPS) is 22.1. The van der Waals surface area contributed by atoms with E-state index in [0.717, 1.165) is 31.9 Å². The molecule has 30 heavy (non-hydrogen) atoms. The highest BCUT2D eigenvalue weighted by atomic mass is 19.1. The maximum Gasteiger partial charge on any atom is 0.311 e. The zero-order valence-corrected chi connectivity index (χ0v) is 16.6. The maximum atomic E-state index is 13.9. The largest absolute Gasteiger partial charge is 0.368 e. The molecule has 0 bridgehead atoms. The molecule has 0 aliphatic carbocycles. The van der Waals surface area contributed by atoms with Crippen LogP contribution >= 0.6 is 0 Å². The summed E-state index contributed by atoms with van der Waals surface area (Å²) in [4.78, 5) is 19.6. The van der Waals surface area contributed by atoms with Crippen LogP contribution in [-0.4, -0.2) is 61.4 Å². The minimum atomic E-state index is -1.05. The van der Waals surface area contributed by atoms with Crippen molar-refractivity contribution in [3.05, 3.63) is 46.5 Å². The molecule has 2 atom stereocenters. The van der Waals surface area contributed by atoms with E-state index in [9.17, 15) is 14.5 Å². The lowest BCUT2D eigenvalue weighted by molar-refractivity contribution is -0.384. The molecule has 2 aliphatic rings. The van der Waals surface area contributed by atoms with Crippen molar-refractivity contribution in [2.75, 3.05) is 54.4 Å². The third-order valence-electron chi connectivity index (χ3n) is 5.58. The summed E-state index contributed by atoms with van der Waals surface area (Å²) < 4.78 is 13.9. The SMILES string of the molecule is NC1CCN(c2ccc(Nc3nc(N4CCNCC4)ccc3[N+](=O)[O-])cc2)CC1F. The average Bonchev–Trinajstić information content (AvgIpc) is 2.76. The predicted octanol–water partition coefficient (Wildman–Crippen LogP) is 2.02. The molecule has 4 rings (SSSR count). The van der Waals surface area contributed by atoms with Gasteiger partial charge in [0.2, 0.25) is 5.82 Å². The van der Waals surface area contributed by atoms with Crippen LogP contribution in [0.5, 0.6) is 0 Å². The molecule has 3 heterocycles. The van der Waals surface area contributed by atoms with Crippen molar-refractivity contribution < 1.29 is 9.31 Å². The van der Waals surface area contributed by atoms with Gasteiger partial charge in [-0.1, -0.05) is 0 Å². The number of aromatic nitrogens is 1. The molecule has 2 aliphatic heterocycles. The van der Waals surface area contributed by atoms with Crippen molar-refractivity contribution in [2.24, 2.45) is 5.73 Å². The molecule has 0 spiro atoms. The first kappa shape index (κ1) is 20.3. The van der Waals surface area contributed by atoms with Gasteiger partial charge in [0.15, 0.2) is 0 Å². The second-order valence-electron chi connectivity index (χ2n) is 7.62. The van der Waals surface area contributed by atoms with Crippen LogP contribution in [0.25, 0.3) is 0 Å². The third kappa shape index (κ3) is 4.44. The van der Waals surface area contributed by atoms with Crippen LogP contribution in [0, 0.1) is 10.1 Å². The van der Waals surface area contributed by atoms with Crippen molar-refractivity contribution in [2.45, 2.75) is 18.6 Å². The van der Waals surface area contributed by atoms with E-state index in [1.165, 1.54) is 6.07 Å². The van der Waals surface area contributed by atoms with E-state index in [-0.39, 0.29) is 18.1 Å². The quantitative estimate of drug-likeness (QED) is 0.502. The number of piperazine rings is 1. The Kier molecular flexibility index (Phi) is 5.96. The van der Waals surface area contributed by atoms with Crippen LogP contribution in [0.3, 0.4) is 0 Å². The number of pyridine rings is 1. The fraction of sp³-hybridized carbons (Fsp3) is 0.450. The second kappa shape index (κ2) is 8.80. The molecule has 2 fully saturated rings. The fourth-order valence-electron chi connectivity index (χ4n) is 3.80. The summed E-state index contributed by atoms with van der Waals surface area (Å²) >= 11 is 0. The average molecular weight is 415 g/mol. The van der Waals surface area contributed by atoms with E-state index in [4.69, 9.17) is 5.73 Å². The molecule has 4 N–H and O–H groups in total. The lowest BCUT2D eigenvalue weighted by Crippen LogP contribution is -2.48. The monoisotopic (exact) mass is 415 g/mol. The highest BCUT2D eigenvalue weighted by Gasteiger charge is 2.26. The maximum absolute atomic E-state index is 13.9. The molecule has 1 aromatic carbocycles. The van der Waals surface area contributed by atoms with Gasteiger partial charge < -0.3 is 26.2 Å². The van der Waals surface area contributed by atoms with Gasteiger partial charge in [0.1, 0.15) is 12.0 Å². The van der Waals surface area contributed by atoms with Crippen molar-refractivity contribution in [1.82, 2.24) is 10.3 Å². The van der Waals surface area contributed by atoms with Gasteiger partial charge >= 0.3 is 5.69 Å². The van der Waals surface area contributed by atoms with Gasteiger partial charge in [-0.15, -0.1) is 0 Å². The molecule has 2 aromatic rings. The van der Waals surface area contributed by atoms with Gasteiger partial charge in [-0.05, 0) is 36.8 Å². The molecule has 1 aromatic heterocycles. The number of anilines is 4. The number of nitrogens with one attached hydrogen (secondary N) is 2. The molecule has 160 valence electrons. The van der Waals surface area contributed by atoms with Crippen LogP contribution in [0.1, 0.15) is 6.42 Å². The van der Waals surface area contributed by atoms with Gasteiger partial charge in [0.25, 0.3) is 0 Å². The molecule has 0 saturated carbocycles. The van der Waals surface area contributed by atoms with Crippen LogP contribution in [0.4, 0.5) is 33.1 Å². The van der Waals surface area contributed by atoms with Crippen molar-refractivity contribution in [1.29, 1.82) is 0 Å². The van der Waals surface area contributed by atoms with Crippen molar-refractivity contribution >= 4 is 28.7 Å². The van der Waals surface area contributed by atoms with Gasteiger partial charge in [-0.3, -0.25) is 10.1 Å². The van der Waals surface area contributed by atoms with E-state index in [0.29, 0.717) is 24.5 Å². The predicted molar refractivity (Wildman–Crippen MR) is 115 cm³/mol. The zero-order chi connectivity index (χ0) is 21.1. The number of hydrogen-bond donors (Lipinski definition) is 3. The smallest absolute Gasteiger partial charge is 0.311 e. The first-order valence-electron chi connectivity index (χ1n) is 10.1. The summed E-state index contributed by atoms with van der Waals surface area (Å²) in [5.74, 6) is 0.913. The summed E-state index contributed by atoms with van der Waals surface area (Å²) in [5.41, 5.74) is 7.25. The molecule has 10 heteroatoms. The number of nitro groups is 1.